The Bertz CT molecular complexity index is 497. The zero-order chi connectivity index (χ0) is 13.3. The summed E-state index contributed by atoms with van der Waals surface area (Å²) in [4.78, 5) is 12.3. The lowest BCUT2D eigenvalue weighted by molar-refractivity contribution is -0.125. The number of nitrogens with one attached hydrogen (secondary N) is 1. The summed E-state index contributed by atoms with van der Waals surface area (Å²) in [6.45, 7) is 0. The molecule has 1 aliphatic carbocycles. The number of amides is 1. The van der Waals surface area contributed by atoms with Gasteiger partial charge in [-0.15, -0.1) is 0 Å². The van der Waals surface area contributed by atoms with Crippen molar-refractivity contribution >= 4 is 40.4 Å². The standard InChI is InChI=1S/C12H12ClFN2OS/c13-7-4-8(14)6-9(5-7)16-11(17)12(10(15)18)2-1-3-12/h4-6H,1-3H2,(H2,15,18)(H,16,17). The van der Waals surface area contributed by atoms with Crippen LogP contribution in [0.15, 0.2) is 18.2 Å². The van der Waals surface area contributed by atoms with Gasteiger partial charge in [0.1, 0.15) is 5.82 Å². The average molecular weight is 287 g/mol. The lowest BCUT2D eigenvalue weighted by atomic mass is 9.68. The van der Waals surface area contributed by atoms with Crippen molar-refractivity contribution in [1.29, 1.82) is 0 Å². The molecular formula is C12H12ClFN2OS. The van der Waals surface area contributed by atoms with Gasteiger partial charge in [-0.1, -0.05) is 30.2 Å². The predicted octanol–water partition coefficient (Wildman–Crippen LogP) is 2.87. The lowest BCUT2D eigenvalue weighted by Gasteiger charge is -2.39. The minimum absolute atomic E-state index is 0.189. The number of carbonyl (C=O) groups excluding carboxylic acids is 1. The highest BCUT2D eigenvalue weighted by atomic mass is 35.5. The van der Waals surface area contributed by atoms with Crippen molar-refractivity contribution in [3.05, 3.63) is 29.0 Å². The van der Waals surface area contributed by atoms with Gasteiger partial charge in [0.2, 0.25) is 5.91 Å². The van der Waals surface area contributed by atoms with Gasteiger partial charge in [0.05, 0.1) is 10.4 Å². The van der Waals surface area contributed by atoms with Crippen LogP contribution < -0.4 is 11.1 Å². The largest absolute Gasteiger partial charge is 0.392 e. The summed E-state index contributed by atoms with van der Waals surface area (Å²) in [5.41, 5.74) is 5.15. The number of thiocarbonyl (C=S) groups is 1. The molecule has 3 N–H and O–H groups in total. The Balaban J connectivity index is 2.18. The first kappa shape index (κ1) is 13.2. The first-order valence-electron chi connectivity index (χ1n) is 5.51. The van der Waals surface area contributed by atoms with E-state index in [0.29, 0.717) is 18.5 Å². The number of nitrogens with two attached hydrogens (primary N) is 1. The molecule has 3 nitrogen and oxygen atoms in total. The summed E-state index contributed by atoms with van der Waals surface area (Å²) < 4.78 is 13.1. The van der Waals surface area contributed by atoms with Crippen LogP contribution in [0.1, 0.15) is 19.3 Å². The van der Waals surface area contributed by atoms with Gasteiger partial charge in [-0.2, -0.15) is 0 Å². The number of hydrogen-bond acceptors (Lipinski definition) is 2. The topological polar surface area (TPSA) is 55.1 Å². The molecule has 0 aliphatic heterocycles. The molecule has 1 aliphatic rings. The van der Waals surface area contributed by atoms with Gasteiger partial charge in [-0.3, -0.25) is 4.79 Å². The molecule has 0 radical (unpaired) electrons. The zero-order valence-electron chi connectivity index (χ0n) is 9.50. The zero-order valence-corrected chi connectivity index (χ0v) is 11.1. The third kappa shape index (κ3) is 2.33. The van der Waals surface area contributed by atoms with E-state index in [0.717, 1.165) is 6.42 Å². The van der Waals surface area contributed by atoms with Crippen LogP contribution in [-0.4, -0.2) is 10.9 Å². The maximum Gasteiger partial charge on any atom is 0.237 e. The van der Waals surface area contributed by atoms with Gasteiger partial charge in [0.15, 0.2) is 0 Å². The summed E-state index contributed by atoms with van der Waals surface area (Å²) in [6, 6.07) is 3.86. The molecule has 1 fully saturated rings. The van der Waals surface area contributed by atoms with E-state index in [1.165, 1.54) is 18.2 Å². The highest BCUT2D eigenvalue weighted by Crippen LogP contribution is 2.42. The maximum absolute atomic E-state index is 13.1. The third-order valence-corrected chi connectivity index (χ3v) is 3.84. The average Bonchev–Trinajstić information content (AvgIpc) is 2.11. The molecule has 0 aromatic heterocycles. The second-order valence-electron chi connectivity index (χ2n) is 4.41. The molecule has 6 heteroatoms. The summed E-state index contributed by atoms with van der Waals surface area (Å²) in [5.74, 6) is -0.793. The minimum atomic E-state index is -0.784. The Morgan fingerprint density at radius 3 is 2.56 bits per heavy atom. The lowest BCUT2D eigenvalue weighted by Crippen LogP contribution is -2.50. The Morgan fingerprint density at radius 2 is 2.11 bits per heavy atom. The normalized spacial score (nSPS) is 16.8. The van der Waals surface area contributed by atoms with E-state index >= 15 is 0 Å². The van der Waals surface area contributed by atoms with Crippen molar-refractivity contribution in [3.63, 3.8) is 0 Å². The number of rotatable bonds is 3. The van der Waals surface area contributed by atoms with Gasteiger partial charge >= 0.3 is 0 Å². The van der Waals surface area contributed by atoms with Crippen molar-refractivity contribution in [2.75, 3.05) is 5.32 Å². The van der Waals surface area contributed by atoms with E-state index in [9.17, 15) is 9.18 Å². The van der Waals surface area contributed by atoms with Crippen molar-refractivity contribution in [1.82, 2.24) is 0 Å². The van der Waals surface area contributed by atoms with E-state index in [2.05, 4.69) is 5.32 Å². The van der Waals surface area contributed by atoms with Gasteiger partial charge < -0.3 is 11.1 Å². The van der Waals surface area contributed by atoms with E-state index in [1.54, 1.807) is 0 Å². The smallest absolute Gasteiger partial charge is 0.237 e. The van der Waals surface area contributed by atoms with Gasteiger partial charge in [0.25, 0.3) is 0 Å². The van der Waals surface area contributed by atoms with Crippen LogP contribution in [0.5, 0.6) is 0 Å². The van der Waals surface area contributed by atoms with Crippen LogP contribution in [-0.2, 0) is 4.79 Å². The fourth-order valence-corrected chi connectivity index (χ4v) is 2.51. The predicted molar refractivity (Wildman–Crippen MR) is 73.1 cm³/mol. The molecule has 18 heavy (non-hydrogen) atoms. The van der Waals surface area contributed by atoms with Crippen LogP contribution in [0.3, 0.4) is 0 Å². The Hall–Kier alpha value is -1.20. The summed E-state index contributed by atoms with van der Waals surface area (Å²) >= 11 is 10.7. The van der Waals surface area contributed by atoms with E-state index < -0.39 is 11.2 Å². The van der Waals surface area contributed by atoms with Crippen LogP contribution >= 0.6 is 23.8 Å². The van der Waals surface area contributed by atoms with Crippen molar-refractivity contribution < 1.29 is 9.18 Å². The molecule has 0 heterocycles. The summed E-state index contributed by atoms with van der Waals surface area (Å²) in [6.07, 6.45) is 2.18. The number of hydrogen-bond donors (Lipinski definition) is 2. The van der Waals surface area contributed by atoms with Crippen molar-refractivity contribution in [3.8, 4) is 0 Å². The number of halogens is 2. The van der Waals surface area contributed by atoms with Gasteiger partial charge in [-0.25, -0.2) is 4.39 Å². The molecule has 1 amide bonds. The van der Waals surface area contributed by atoms with E-state index in [-0.39, 0.29) is 15.9 Å². The first-order chi connectivity index (χ1) is 8.44. The Morgan fingerprint density at radius 1 is 1.44 bits per heavy atom. The van der Waals surface area contributed by atoms with E-state index in [1.807, 2.05) is 0 Å². The quantitative estimate of drug-likeness (QED) is 0.840. The number of anilines is 1. The molecule has 0 atom stereocenters. The second-order valence-corrected chi connectivity index (χ2v) is 5.29. The molecule has 0 unspecified atom stereocenters. The highest BCUT2D eigenvalue weighted by molar-refractivity contribution is 7.80. The molecular weight excluding hydrogens is 275 g/mol. The van der Waals surface area contributed by atoms with Gasteiger partial charge in [0, 0.05) is 10.7 Å². The first-order valence-corrected chi connectivity index (χ1v) is 6.30. The highest BCUT2D eigenvalue weighted by Gasteiger charge is 2.46. The number of benzene rings is 1. The van der Waals surface area contributed by atoms with Crippen LogP contribution in [0.4, 0.5) is 10.1 Å². The molecule has 0 saturated heterocycles. The van der Waals surface area contributed by atoms with Crippen molar-refractivity contribution in [2.45, 2.75) is 19.3 Å². The minimum Gasteiger partial charge on any atom is -0.392 e. The fraction of sp³-hybridized carbons (Fsp3) is 0.333. The number of carbonyl (C=O) groups is 1. The molecule has 0 spiro atoms. The second kappa shape index (κ2) is 4.82. The van der Waals surface area contributed by atoms with Crippen LogP contribution in [0.25, 0.3) is 0 Å². The third-order valence-electron chi connectivity index (χ3n) is 3.23. The Labute approximate surface area is 114 Å². The van der Waals surface area contributed by atoms with E-state index in [4.69, 9.17) is 29.6 Å². The monoisotopic (exact) mass is 286 g/mol. The molecule has 0 bridgehead atoms. The molecule has 1 saturated carbocycles. The van der Waals surface area contributed by atoms with Crippen molar-refractivity contribution in [2.24, 2.45) is 11.1 Å². The van der Waals surface area contributed by atoms with Crippen LogP contribution in [0, 0.1) is 11.2 Å². The summed E-state index contributed by atoms with van der Waals surface area (Å²) in [5, 5.41) is 2.84. The molecule has 1 aromatic carbocycles. The van der Waals surface area contributed by atoms with Gasteiger partial charge in [-0.05, 0) is 31.0 Å². The molecule has 2 rings (SSSR count). The van der Waals surface area contributed by atoms with Crippen LogP contribution in [0.2, 0.25) is 5.02 Å². The fourth-order valence-electron chi connectivity index (χ4n) is 1.99. The maximum atomic E-state index is 13.1. The molecule has 1 aromatic rings. The Kier molecular flexibility index (Phi) is 3.54. The summed E-state index contributed by atoms with van der Waals surface area (Å²) in [7, 11) is 0. The molecule has 96 valence electrons. The SMILES string of the molecule is NC(=S)C1(C(=O)Nc2cc(F)cc(Cl)c2)CCC1.